The van der Waals surface area contributed by atoms with Crippen LogP contribution in [0.3, 0.4) is 0 Å². The second-order valence-corrected chi connectivity index (χ2v) is 5.80. The molecule has 1 aromatic heterocycles. The lowest BCUT2D eigenvalue weighted by Crippen LogP contribution is -2.30. The van der Waals surface area contributed by atoms with Crippen molar-refractivity contribution < 1.29 is 5.11 Å². The third kappa shape index (κ3) is 3.01. The zero-order valence-electron chi connectivity index (χ0n) is 12.6. The molecule has 1 aromatic carbocycles. The Hall–Kier alpha value is -1.65. The van der Waals surface area contributed by atoms with Crippen molar-refractivity contribution in [2.75, 3.05) is 26.2 Å². The summed E-state index contributed by atoms with van der Waals surface area (Å²) in [4.78, 5) is 7.00. The molecule has 0 bridgehead atoms. The topological polar surface area (TPSA) is 41.3 Å². The van der Waals surface area contributed by atoms with E-state index in [-0.39, 0.29) is 12.6 Å². The molecule has 0 radical (unpaired) electrons. The first-order chi connectivity index (χ1) is 10.3. The summed E-state index contributed by atoms with van der Waals surface area (Å²) in [6.45, 7) is 5.44. The van der Waals surface area contributed by atoms with E-state index in [1.54, 1.807) is 0 Å². The van der Waals surface area contributed by atoms with Crippen molar-refractivity contribution in [2.45, 2.75) is 25.8 Å². The maximum Gasteiger partial charge on any atom is 0.0959 e. The van der Waals surface area contributed by atoms with Gasteiger partial charge in [-0.15, -0.1) is 0 Å². The summed E-state index contributed by atoms with van der Waals surface area (Å²) in [7, 11) is 0. The molecule has 1 atom stereocenters. The van der Waals surface area contributed by atoms with Crippen molar-refractivity contribution in [3.8, 4) is 11.3 Å². The molecule has 1 fully saturated rings. The summed E-state index contributed by atoms with van der Waals surface area (Å²) in [5.74, 6) is 0. The van der Waals surface area contributed by atoms with Crippen LogP contribution in [0.2, 0.25) is 0 Å². The van der Waals surface area contributed by atoms with Crippen molar-refractivity contribution in [3.05, 3.63) is 42.4 Å². The van der Waals surface area contributed by atoms with E-state index in [4.69, 9.17) is 0 Å². The Kier molecular flexibility index (Phi) is 4.36. The van der Waals surface area contributed by atoms with Gasteiger partial charge in [0.25, 0.3) is 0 Å². The molecule has 2 heterocycles. The van der Waals surface area contributed by atoms with E-state index in [0.717, 1.165) is 36.6 Å². The fourth-order valence-corrected chi connectivity index (χ4v) is 3.17. The van der Waals surface area contributed by atoms with Crippen molar-refractivity contribution in [3.63, 3.8) is 0 Å². The molecule has 0 spiro atoms. The van der Waals surface area contributed by atoms with Gasteiger partial charge in [-0.1, -0.05) is 30.3 Å². The Bertz CT molecular complexity index is 573. The van der Waals surface area contributed by atoms with Gasteiger partial charge in [0.05, 0.1) is 24.7 Å². The molecule has 1 unspecified atom stereocenters. The standard InChI is InChI=1S/C17H23N3O/c1-14-17(15-7-3-2-4-8-15)18-13-20(14)16(12-21)11-19-9-5-6-10-19/h2-4,7-8,13,16,21H,5-6,9-12H2,1H3. The van der Waals surface area contributed by atoms with Gasteiger partial charge in [-0.3, -0.25) is 0 Å². The second kappa shape index (κ2) is 6.41. The number of hydrogen-bond acceptors (Lipinski definition) is 3. The number of aliphatic hydroxyl groups is 1. The van der Waals surface area contributed by atoms with Gasteiger partial charge in [0, 0.05) is 17.8 Å². The minimum Gasteiger partial charge on any atom is -0.394 e. The van der Waals surface area contributed by atoms with E-state index >= 15 is 0 Å². The maximum absolute atomic E-state index is 9.77. The van der Waals surface area contributed by atoms with Crippen LogP contribution in [0.15, 0.2) is 36.7 Å². The summed E-state index contributed by atoms with van der Waals surface area (Å²) in [5.41, 5.74) is 3.27. The Morgan fingerprint density at radius 3 is 2.57 bits per heavy atom. The summed E-state index contributed by atoms with van der Waals surface area (Å²) >= 11 is 0. The van der Waals surface area contributed by atoms with Crippen LogP contribution in [0.5, 0.6) is 0 Å². The number of rotatable bonds is 5. The molecule has 4 heteroatoms. The Morgan fingerprint density at radius 2 is 1.90 bits per heavy atom. The third-order valence-corrected chi connectivity index (χ3v) is 4.36. The number of hydrogen-bond donors (Lipinski definition) is 1. The van der Waals surface area contributed by atoms with Gasteiger partial charge in [0.1, 0.15) is 0 Å². The third-order valence-electron chi connectivity index (χ3n) is 4.36. The first-order valence-electron chi connectivity index (χ1n) is 7.71. The Balaban J connectivity index is 1.82. The number of aliphatic hydroxyl groups excluding tert-OH is 1. The fraction of sp³-hybridized carbons (Fsp3) is 0.471. The fourth-order valence-electron chi connectivity index (χ4n) is 3.17. The van der Waals surface area contributed by atoms with Crippen LogP contribution < -0.4 is 0 Å². The Labute approximate surface area is 126 Å². The lowest BCUT2D eigenvalue weighted by atomic mass is 10.1. The minimum atomic E-state index is 0.0908. The highest BCUT2D eigenvalue weighted by Crippen LogP contribution is 2.24. The van der Waals surface area contributed by atoms with Crippen molar-refractivity contribution in [2.24, 2.45) is 0 Å². The molecule has 1 aliphatic heterocycles. The first kappa shape index (κ1) is 14.3. The van der Waals surface area contributed by atoms with Gasteiger partial charge >= 0.3 is 0 Å². The Morgan fingerprint density at radius 1 is 1.19 bits per heavy atom. The van der Waals surface area contributed by atoms with Gasteiger partial charge in [-0.25, -0.2) is 4.98 Å². The zero-order chi connectivity index (χ0) is 14.7. The van der Waals surface area contributed by atoms with E-state index in [9.17, 15) is 5.11 Å². The van der Waals surface area contributed by atoms with Crippen LogP contribution in [0.4, 0.5) is 0 Å². The predicted molar refractivity (Wildman–Crippen MR) is 84.2 cm³/mol. The normalized spacial score (nSPS) is 17.2. The molecular formula is C17H23N3O. The SMILES string of the molecule is Cc1c(-c2ccccc2)ncn1C(CO)CN1CCCC1. The predicted octanol–water partition coefficient (Wildman–Crippen LogP) is 2.49. The monoisotopic (exact) mass is 285 g/mol. The molecule has 4 nitrogen and oxygen atoms in total. The van der Waals surface area contributed by atoms with Crippen molar-refractivity contribution >= 4 is 0 Å². The molecule has 1 N–H and O–H groups in total. The average Bonchev–Trinajstić information content (AvgIpc) is 3.15. The molecule has 2 aromatic rings. The molecule has 0 amide bonds. The number of imidazole rings is 1. The smallest absolute Gasteiger partial charge is 0.0959 e. The highest BCUT2D eigenvalue weighted by Gasteiger charge is 2.20. The van der Waals surface area contributed by atoms with Crippen molar-refractivity contribution in [1.82, 2.24) is 14.5 Å². The molecule has 3 rings (SSSR count). The largest absolute Gasteiger partial charge is 0.394 e. The first-order valence-corrected chi connectivity index (χ1v) is 7.71. The number of nitrogens with zero attached hydrogens (tertiary/aromatic N) is 3. The second-order valence-electron chi connectivity index (χ2n) is 5.80. The maximum atomic E-state index is 9.77. The molecule has 0 saturated carbocycles. The van der Waals surface area contributed by atoms with Crippen LogP contribution in [-0.2, 0) is 0 Å². The molecular weight excluding hydrogens is 262 g/mol. The minimum absolute atomic E-state index is 0.0908. The lowest BCUT2D eigenvalue weighted by Gasteiger charge is -2.24. The van der Waals surface area contributed by atoms with Gasteiger partial charge in [-0.05, 0) is 32.9 Å². The van der Waals surface area contributed by atoms with E-state index in [0.29, 0.717) is 0 Å². The van der Waals surface area contributed by atoms with Crippen LogP contribution in [-0.4, -0.2) is 45.8 Å². The van der Waals surface area contributed by atoms with Gasteiger partial charge in [-0.2, -0.15) is 0 Å². The van der Waals surface area contributed by atoms with Crippen molar-refractivity contribution in [1.29, 1.82) is 0 Å². The number of aromatic nitrogens is 2. The van der Waals surface area contributed by atoms with Crippen LogP contribution in [0.1, 0.15) is 24.6 Å². The summed E-state index contributed by atoms with van der Waals surface area (Å²) in [6.07, 6.45) is 4.42. The van der Waals surface area contributed by atoms with E-state index in [2.05, 4.69) is 33.5 Å². The van der Waals surface area contributed by atoms with Crippen LogP contribution in [0, 0.1) is 6.92 Å². The van der Waals surface area contributed by atoms with E-state index in [1.165, 1.54) is 12.8 Å². The average molecular weight is 285 g/mol. The summed E-state index contributed by atoms with van der Waals surface area (Å²) in [5, 5.41) is 9.77. The van der Waals surface area contributed by atoms with Gasteiger partial charge in [0.15, 0.2) is 0 Å². The molecule has 112 valence electrons. The van der Waals surface area contributed by atoms with Crippen LogP contribution >= 0.6 is 0 Å². The van der Waals surface area contributed by atoms with Gasteiger partial charge < -0.3 is 14.6 Å². The molecule has 0 aliphatic carbocycles. The zero-order valence-corrected chi connectivity index (χ0v) is 12.6. The van der Waals surface area contributed by atoms with E-state index in [1.807, 2.05) is 24.5 Å². The highest BCUT2D eigenvalue weighted by atomic mass is 16.3. The summed E-state index contributed by atoms with van der Waals surface area (Å²) in [6, 6.07) is 10.3. The molecule has 1 saturated heterocycles. The van der Waals surface area contributed by atoms with Gasteiger partial charge in [0.2, 0.25) is 0 Å². The quantitative estimate of drug-likeness (QED) is 0.917. The summed E-state index contributed by atoms with van der Waals surface area (Å²) < 4.78 is 2.13. The van der Waals surface area contributed by atoms with Crippen LogP contribution in [0.25, 0.3) is 11.3 Å². The number of benzene rings is 1. The number of likely N-dealkylation sites (tertiary alicyclic amines) is 1. The lowest BCUT2D eigenvalue weighted by molar-refractivity contribution is 0.181. The molecule has 1 aliphatic rings. The highest BCUT2D eigenvalue weighted by molar-refractivity contribution is 5.61. The molecule has 21 heavy (non-hydrogen) atoms. The van der Waals surface area contributed by atoms with E-state index < -0.39 is 0 Å².